The smallest absolute Gasteiger partial charge is 0.410 e. The molecule has 2 aliphatic rings. The highest BCUT2D eigenvalue weighted by Gasteiger charge is 2.45. The molecule has 2 aliphatic heterocycles. The Kier molecular flexibility index (Phi) is 3.38. The first-order chi connectivity index (χ1) is 7.63. The summed E-state index contributed by atoms with van der Waals surface area (Å²) in [6.07, 6.45) is 0.871. The maximum absolute atomic E-state index is 11.9. The van der Waals surface area contributed by atoms with Gasteiger partial charge in [0, 0.05) is 25.7 Å². The Morgan fingerprint density at radius 3 is 2.88 bits per heavy atom. The lowest BCUT2D eigenvalue weighted by atomic mass is 9.93. The van der Waals surface area contributed by atoms with Crippen LogP contribution >= 0.6 is 0 Å². The van der Waals surface area contributed by atoms with Crippen LogP contribution in [0.1, 0.15) is 27.2 Å². The summed E-state index contributed by atoms with van der Waals surface area (Å²) in [6, 6.07) is 0.367. The predicted molar refractivity (Wildman–Crippen MR) is 62.3 cm³/mol. The number of nitrogens with zero attached hydrogens (tertiary/aromatic N) is 1. The van der Waals surface area contributed by atoms with Crippen molar-refractivity contribution in [3.05, 3.63) is 0 Å². The summed E-state index contributed by atoms with van der Waals surface area (Å²) in [4.78, 5) is 13.9. The molecule has 3 unspecified atom stereocenters. The number of likely N-dealkylation sites (tertiary alicyclic amines) is 1. The van der Waals surface area contributed by atoms with Crippen LogP contribution in [0.4, 0.5) is 4.79 Å². The Morgan fingerprint density at radius 1 is 1.50 bits per heavy atom. The van der Waals surface area contributed by atoms with E-state index >= 15 is 0 Å². The zero-order chi connectivity index (χ0) is 11.7. The van der Waals surface area contributed by atoms with E-state index < -0.39 is 0 Å². The van der Waals surface area contributed by atoms with Crippen molar-refractivity contribution in [1.29, 1.82) is 0 Å². The van der Waals surface area contributed by atoms with E-state index in [-0.39, 0.29) is 12.2 Å². The second-order valence-electron chi connectivity index (χ2n) is 5.14. The molecular weight excluding hydrogens is 204 g/mol. The van der Waals surface area contributed by atoms with Gasteiger partial charge in [0.2, 0.25) is 0 Å². The summed E-state index contributed by atoms with van der Waals surface area (Å²) < 4.78 is 5.30. The summed E-state index contributed by atoms with van der Waals surface area (Å²) in [6.45, 7) is 8.92. The molecule has 16 heavy (non-hydrogen) atoms. The van der Waals surface area contributed by atoms with Crippen molar-refractivity contribution >= 4 is 6.09 Å². The summed E-state index contributed by atoms with van der Waals surface area (Å²) in [5.74, 6) is 1.26. The molecule has 1 amide bonds. The van der Waals surface area contributed by atoms with E-state index in [1.54, 1.807) is 0 Å². The molecule has 1 N–H and O–H groups in total. The highest BCUT2D eigenvalue weighted by Crippen LogP contribution is 2.34. The minimum Gasteiger partial charge on any atom is -0.447 e. The van der Waals surface area contributed by atoms with Crippen LogP contribution < -0.4 is 5.32 Å². The van der Waals surface area contributed by atoms with Crippen LogP contribution in [0.5, 0.6) is 0 Å². The van der Waals surface area contributed by atoms with Gasteiger partial charge in [-0.15, -0.1) is 0 Å². The molecular formula is C12H22N2O2. The SMILES string of the molecule is CCC1C2CNCC2CN1C(=O)OC(C)C. The summed E-state index contributed by atoms with van der Waals surface area (Å²) >= 11 is 0. The minimum absolute atomic E-state index is 0.0245. The first-order valence-electron chi connectivity index (χ1n) is 6.31. The van der Waals surface area contributed by atoms with Gasteiger partial charge in [-0.2, -0.15) is 0 Å². The van der Waals surface area contributed by atoms with Gasteiger partial charge < -0.3 is 15.0 Å². The lowest BCUT2D eigenvalue weighted by molar-refractivity contribution is 0.0689. The van der Waals surface area contributed by atoms with Gasteiger partial charge in [-0.05, 0) is 32.1 Å². The normalized spacial score (nSPS) is 33.2. The van der Waals surface area contributed by atoms with Gasteiger partial charge in [-0.3, -0.25) is 0 Å². The number of ether oxygens (including phenoxy) is 1. The van der Waals surface area contributed by atoms with Crippen LogP contribution in [0.15, 0.2) is 0 Å². The first-order valence-corrected chi connectivity index (χ1v) is 6.31. The monoisotopic (exact) mass is 226 g/mol. The highest BCUT2D eigenvalue weighted by molar-refractivity contribution is 5.68. The number of carbonyl (C=O) groups is 1. The first kappa shape index (κ1) is 11.7. The molecule has 0 saturated carbocycles. The van der Waals surface area contributed by atoms with E-state index in [0.717, 1.165) is 26.1 Å². The number of hydrogen-bond donors (Lipinski definition) is 1. The van der Waals surface area contributed by atoms with Gasteiger partial charge >= 0.3 is 6.09 Å². The van der Waals surface area contributed by atoms with Crippen LogP contribution in [-0.4, -0.2) is 42.8 Å². The molecule has 2 heterocycles. The Balaban J connectivity index is 2.02. The average molecular weight is 226 g/mol. The quantitative estimate of drug-likeness (QED) is 0.775. The van der Waals surface area contributed by atoms with Crippen molar-refractivity contribution in [2.45, 2.75) is 39.3 Å². The van der Waals surface area contributed by atoms with Crippen molar-refractivity contribution < 1.29 is 9.53 Å². The summed E-state index contributed by atoms with van der Waals surface area (Å²) in [5.41, 5.74) is 0. The van der Waals surface area contributed by atoms with E-state index in [9.17, 15) is 4.79 Å². The fourth-order valence-corrected chi connectivity index (χ4v) is 3.03. The van der Waals surface area contributed by atoms with Gasteiger partial charge in [0.25, 0.3) is 0 Å². The van der Waals surface area contributed by atoms with Crippen molar-refractivity contribution in [2.24, 2.45) is 11.8 Å². The standard InChI is InChI=1S/C12H22N2O2/c1-4-11-10-6-13-5-9(10)7-14(11)12(15)16-8(2)3/h8-11,13H,4-7H2,1-3H3. The van der Waals surface area contributed by atoms with Crippen LogP contribution in [0.2, 0.25) is 0 Å². The van der Waals surface area contributed by atoms with Crippen molar-refractivity contribution in [3.8, 4) is 0 Å². The maximum Gasteiger partial charge on any atom is 0.410 e. The molecule has 2 saturated heterocycles. The molecule has 0 aromatic heterocycles. The predicted octanol–water partition coefficient (Wildman–Crippen LogP) is 1.46. The number of amides is 1. The summed E-state index contributed by atoms with van der Waals surface area (Å²) in [5, 5.41) is 3.41. The van der Waals surface area contributed by atoms with Crippen molar-refractivity contribution in [1.82, 2.24) is 10.2 Å². The van der Waals surface area contributed by atoms with Gasteiger partial charge in [0.1, 0.15) is 0 Å². The molecule has 3 atom stereocenters. The zero-order valence-electron chi connectivity index (χ0n) is 10.4. The highest BCUT2D eigenvalue weighted by atomic mass is 16.6. The van der Waals surface area contributed by atoms with Gasteiger partial charge in [-0.25, -0.2) is 4.79 Å². The lowest BCUT2D eigenvalue weighted by Gasteiger charge is -2.27. The number of rotatable bonds is 2. The molecule has 0 aromatic carbocycles. The second kappa shape index (κ2) is 4.62. The number of carbonyl (C=O) groups excluding carboxylic acids is 1. The minimum atomic E-state index is -0.128. The van der Waals surface area contributed by atoms with Crippen molar-refractivity contribution in [3.63, 3.8) is 0 Å². The van der Waals surface area contributed by atoms with Crippen LogP contribution in [0.3, 0.4) is 0 Å². The van der Waals surface area contributed by atoms with Crippen LogP contribution in [0, 0.1) is 11.8 Å². The number of nitrogens with one attached hydrogen (secondary N) is 1. The Labute approximate surface area is 97.3 Å². The Morgan fingerprint density at radius 2 is 2.25 bits per heavy atom. The van der Waals surface area contributed by atoms with Gasteiger partial charge in [-0.1, -0.05) is 6.92 Å². The summed E-state index contributed by atoms with van der Waals surface area (Å²) in [7, 11) is 0. The molecule has 0 radical (unpaired) electrons. The molecule has 0 aliphatic carbocycles. The number of hydrogen-bond acceptors (Lipinski definition) is 3. The fourth-order valence-electron chi connectivity index (χ4n) is 3.03. The number of fused-ring (bicyclic) bond motifs is 1. The van der Waals surface area contributed by atoms with Crippen molar-refractivity contribution in [2.75, 3.05) is 19.6 Å². The molecule has 4 nitrogen and oxygen atoms in total. The van der Waals surface area contributed by atoms with Crippen LogP contribution in [0.25, 0.3) is 0 Å². The zero-order valence-corrected chi connectivity index (χ0v) is 10.4. The third kappa shape index (κ3) is 2.03. The van der Waals surface area contributed by atoms with Crippen LogP contribution in [-0.2, 0) is 4.74 Å². The molecule has 0 aromatic rings. The van der Waals surface area contributed by atoms with E-state index in [2.05, 4.69) is 12.2 Å². The molecule has 92 valence electrons. The van der Waals surface area contributed by atoms with E-state index in [4.69, 9.17) is 4.74 Å². The topological polar surface area (TPSA) is 41.6 Å². The molecule has 0 spiro atoms. The second-order valence-corrected chi connectivity index (χ2v) is 5.14. The van der Waals surface area contributed by atoms with E-state index in [1.807, 2.05) is 18.7 Å². The fraction of sp³-hybridized carbons (Fsp3) is 0.917. The third-order valence-corrected chi connectivity index (χ3v) is 3.71. The average Bonchev–Trinajstić information content (AvgIpc) is 2.74. The molecule has 0 bridgehead atoms. The molecule has 4 heteroatoms. The van der Waals surface area contributed by atoms with E-state index in [1.165, 1.54) is 0 Å². The van der Waals surface area contributed by atoms with Gasteiger partial charge in [0.15, 0.2) is 0 Å². The molecule has 2 fully saturated rings. The Hall–Kier alpha value is -0.770. The van der Waals surface area contributed by atoms with Gasteiger partial charge in [0.05, 0.1) is 6.10 Å². The largest absolute Gasteiger partial charge is 0.447 e. The lowest BCUT2D eigenvalue weighted by Crippen LogP contribution is -2.40. The third-order valence-electron chi connectivity index (χ3n) is 3.71. The molecule has 2 rings (SSSR count). The van der Waals surface area contributed by atoms with E-state index in [0.29, 0.717) is 17.9 Å². The Bertz CT molecular complexity index is 268. The maximum atomic E-state index is 11.9.